The van der Waals surface area contributed by atoms with E-state index in [1.54, 1.807) is 18.5 Å². The van der Waals surface area contributed by atoms with E-state index >= 15 is 0 Å². The van der Waals surface area contributed by atoms with Crippen LogP contribution in [-0.2, 0) is 28.4 Å². The van der Waals surface area contributed by atoms with Crippen molar-refractivity contribution in [1.29, 1.82) is 0 Å². The maximum atomic E-state index is 11.9. The first kappa shape index (κ1) is 20.2. The fourth-order valence-corrected chi connectivity index (χ4v) is 4.95. The number of nitrogens with one attached hydrogen (secondary N) is 2. The molecule has 3 heterocycles. The zero-order valence-electron chi connectivity index (χ0n) is 16.4. The van der Waals surface area contributed by atoms with Gasteiger partial charge in [0.05, 0.1) is 23.5 Å². The largest absolute Gasteiger partial charge is 0.359 e. The van der Waals surface area contributed by atoms with Crippen molar-refractivity contribution < 1.29 is 17.9 Å². The number of Topliss-reactive ketones (excluding diaryl/α,β-unsaturated/α-hetero) is 1. The summed E-state index contributed by atoms with van der Waals surface area (Å²) < 4.78 is 30.1. The first-order valence-corrected chi connectivity index (χ1v) is 11.0. The highest BCUT2D eigenvalue weighted by molar-refractivity contribution is 7.72. The lowest BCUT2D eigenvalue weighted by atomic mass is 9.97. The lowest BCUT2D eigenvalue weighted by molar-refractivity contribution is -0.109. The number of piperidine rings is 1. The molecule has 29 heavy (non-hydrogen) atoms. The van der Waals surface area contributed by atoms with Crippen LogP contribution in [0.25, 0.3) is 0 Å². The number of nitrogens with zero attached hydrogens (tertiary/aromatic N) is 2. The summed E-state index contributed by atoms with van der Waals surface area (Å²) in [5.74, 6) is -0.0822. The molecule has 2 fully saturated rings. The van der Waals surface area contributed by atoms with Crippen LogP contribution in [0.15, 0.2) is 35.6 Å². The van der Waals surface area contributed by atoms with Crippen molar-refractivity contribution in [3.05, 3.63) is 47.5 Å². The molecule has 2 aromatic rings. The highest BCUT2D eigenvalue weighted by atomic mass is 32.2. The molecule has 2 saturated heterocycles. The van der Waals surface area contributed by atoms with E-state index in [1.165, 1.54) is 13.0 Å². The molecule has 9 heteroatoms. The number of aromatic nitrogens is 2. The van der Waals surface area contributed by atoms with Crippen molar-refractivity contribution in [2.75, 3.05) is 19.7 Å². The Kier molecular flexibility index (Phi) is 5.82. The van der Waals surface area contributed by atoms with E-state index < -0.39 is 16.4 Å². The number of ketones is 1. The molecule has 8 nitrogen and oxygen atoms in total. The summed E-state index contributed by atoms with van der Waals surface area (Å²) in [5, 5.41) is 3.37. The molecule has 2 N–H and O–H groups in total. The molecule has 1 aromatic heterocycles. The average molecular weight is 419 g/mol. The molecule has 0 amide bonds. The Labute approximate surface area is 171 Å². The van der Waals surface area contributed by atoms with Crippen LogP contribution in [0.2, 0.25) is 0 Å². The van der Waals surface area contributed by atoms with E-state index in [1.807, 2.05) is 6.20 Å². The molecule has 4 rings (SSSR count). The predicted molar refractivity (Wildman–Crippen MR) is 107 cm³/mol. The van der Waals surface area contributed by atoms with Crippen molar-refractivity contribution >= 4 is 16.5 Å². The molecular formula is C20H26N4O4S. The fraction of sp³-hybridized carbons (Fsp3) is 0.500. The third kappa shape index (κ3) is 4.13. The Balaban J connectivity index is 1.70. The van der Waals surface area contributed by atoms with Gasteiger partial charge < -0.3 is 15.0 Å². The topological polar surface area (TPSA) is 104 Å². The first-order chi connectivity index (χ1) is 14.0. The van der Waals surface area contributed by atoms with Gasteiger partial charge in [-0.05, 0) is 37.7 Å². The minimum atomic E-state index is -2.76. The zero-order chi connectivity index (χ0) is 20.4. The second-order valence-corrected chi connectivity index (χ2v) is 8.71. The Morgan fingerprint density at radius 2 is 2.14 bits per heavy atom. The number of thiol groups is 1. The molecule has 1 atom stereocenters. The summed E-state index contributed by atoms with van der Waals surface area (Å²) in [4.78, 5) is 21.8. The molecule has 0 bridgehead atoms. The van der Waals surface area contributed by atoms with Gasteiger partial charge in [0.2, 0.25) is 0 Å². The Bertz CT molecular complexity index is 943. The predicted octanol–water partition coefficient (Wildman–Crippen LogP) is 1.11. The standard InChI is InChI=1S/C20H26N4O4S/c1-14(25)15-2-3-19(29(26)27)16(8-15)11-24-18(9-17-10-22-13-23-17)12-28-20(24)4-6-21-7-5-20/h2-3,8,10,13,18,21,29H,4-7,9,11-12H2,1H3,(H,22,23). The monoisotopic (exact) mass is 418 g/mol. The number of rotatable bonds is 6. The maximum Gasteiger partial charge on any atom is 0.168 e. The molecule has 1 unspecified atom stereocenters. The van der Waals surface area contributed by atoms with Gasteiger partial charge in [0.15, 0.2) is 16.5 Å². The van der Waals surface area contributed by atoms with E-state index in [0.29, 0.717) is 30.7 Å². The molecule has 2 aliphatic heterocycles. The van der Waals surface area contributed by atoms with Gasteiger partial charge in [-0.2, -0.15) is 0 Å². The van der Waals surface area contributed by atoms with Crippen LogP contribution in [0, 0.1) is 0 Å². The number of imidazole rings is 1. The summed E-state index contributed by atoms with van der Waals surface area (Å²) in [6.07, 6.45) is 5.91. The van der Waals surface area contributed by atoms with E-state index in [4.69, 9.17) is 4.74 Å². The van der Waals surface area contributed by atoms with Gasteiger partial charge in [-0.1, -0.05) is 6.07 Å². The van der Waals surface area contributed by atoms with Crippen LogP contribution in [0.5, 0.6) is 0 Å². The van der Waals surface area contributed by atoms with Crippen molar-refractivity contribution in [2.45, 2.75) is 49.4 Å². The number of H-pyrrole nitrogens is 1. The van der Waals surface area contributed by atoms with Gasteiger partial charge >= 0.3 is 0 Å². The second-order valence-electron chi connectivity index (χ2n) is 7.71. The van der Waals surface area contributed by atoms with Gasteiger partial charge in [0, 0.05) is 43.6 Å². The van der Waals surface area contributed by atoms with Gasteiger partial charge in [-0.15, -0.1) is 0 Å². The van der Waals surface area contributed by atoms with Gasteiger partial charge in [-0.3, -0.25) is 9.69 Å². The van der Waals surface area contributed by atoms with Crippen LogP contribution in [0.3, 0.4) is 0 Å². The van der Waals surface area contributed by atoms with Crippen molar-refractivity contribution in [2.24, 2.45) is 0 Å². The van der Waals surface area contributed by atoms with Crippen LogP contribution in [-0.4, -0.2) is 60.5 Å². The molecular weight excluding hydrogens is 392 g/mol. The van der Waals surface area contributed by atoms with E-state index in [2.05, 4.69) is 20.2 Å². The molecule has 0 aliphatic carbocycles. The Hall–Kier alpha value is -2.07. The number of benzene rings is 1. The summed E-state index contributed by atoms with van der Waals surface area (Å²) in [6.45, 7) is 4.17. The van der Waals surface area contributed by atoms with Crippen LogP contribution in [0.1, 0.15) is 41.4 Å². The number of hydrogen-bond donors (Lipinski definition) is 3. The van der Waals surface area contributed by atoms with Crippen LogP contribution < -0.4 is 5.32 Å². The lowest BCUT2D eigenvalue weighted by Crippen LogP contribution is -2.53. The molecule has 156 valence electrons. The molecule has 0 saturated carbocycles. The first-order valence-electron chi connectivity index (χ1n) is 9.86. The third-order valence-corrected chi connectivity index (χ3v) is 6.75. The minimum absolute atomic E-state index is 0.0785. The van der Waals surface area contributed by atoms with Crippen LogP contribution >= 0.6 is 0 Å². The number of carbonyl (C=O) groups excluding carboxylic acids is 1. The zero-order valence-corrected chi connectivity index (χ0v) is 17.3. The highest BCUT2D eigenvalue weighted by Gasteiger charge is 2.48. The molecule has 1 aromatic carbocycles. The lowest BCUT2D eigenvalue weighted by Gasteiger charge is -2.42. The Morgan fingerprint density at radius 1 is 1.34 bits per heavy atom. The van der Waals surface area contributed by atoms with Gasteiger partial charge in [0.25, 0.3) is 0 Å². The molecule has 1 spiro atoms. The van der Waals surface area contributed by atoms with E-state index in [-0.39, 0.29) is 16.7 Å². The quantitative estimate of drug-likeness (QED) is 0.477. The van der Waals surface area contributed by atoms with Crippen molar-refractivity contribution in [3.63, 3.8) is 0 Å². The fourth-order valence-electron chi connectivity index (χ4n) is 4.38. The summed E-state index contributed by atoms with van der Waals surface area (Å²) in [5.41, 5.74) is 1.68. The normalized spacial score (nSPS) is 21.8. The highest BCUT2D eigenvalue weighted by Crippen LogP contribution is 2.38. The summed E-state index contributed by atoms with van der Waals surface area (Å²) >= 11 is 0. The SMILES string of the molecule is CC(=O)c1ccc([SH](=O)=O)c(CN2C(Cc3c[nH]cn3)COC23CCNCC3)c1. The molecule has 2 aliphatic rings. The maximum absolute atomic E-state index is 11.9. The van der Waals surface area contributed by atoms with E-state index in [9.17, 15) is 13.2 Å². The molecule has 0 radical (unpaired) electrons. The van der Waals surface area contributed by atoms with Gasteiger partial charge in [0.1, 0.15) is 5.72 Å². The summed E-state index contributed by atoms with van der Waals surface area (Å²) in [7, 11) is -2.76. The average Bonchev–Trinajstić information content (AvgIpc) is 3.33. The minimum Gasteiger partial charge on any atom is -0.359 e. The van der Waals surface area contributed by atoms with Crippen molar-refractivity contribution in [1.82, 2.24) is 20.2 Å². The van der Waals surface area contributed by atoms with Crippen LogP contribution in [0.4, 0.5) is 0 Å². The Morgan fingerprint density at radius 3 is 2.79 bits per heavy atom. The third-order valence-electron chi connectivity index (χ3n) is 5.92. The number of ether oxygens (including phenoxy) is 1. The smallest absolute Gasteiger partial charge is 0.168 e. The van der Waals surface area contributed by atoms with E-state index in [0.717, 1.165) is 31.6 Å². The van der Waals surface area contributed by atoms with Crippen molar-refractivity contribution in [3.8, 4) is 0 Å². The number of hydrogen-bond acceptors (Lipinski definition) is 7. The number of carbonyl (C=O) groups is 1. The van der Waals surface area contributed by atoms with Gasteiger partial charge in [-0.25, -0.2) is 13.4 Å². The second kappa shape index (κ2) is 8.35. The number of aromatic amines is 1. The summed E-state index contributed by atoms with van der Waals surface area (Å²) in [6, 6.07) is 4.90.